The number of hydrogen-bond acceptors (Lipinski definition) is 4. The van der Waals surface area contributed by atoms with Crippen molar-refractivity contribution in [3.63, 3.8) is 0 Å². The van der Waals surface area contributed by atoms with Gasteiger partial charge in [0.1, 0.15) is 0 Å². The number of carbonyl (C=O) groups excluding carboxylic acids is 1. The minimum absolute atomic E-state index is 0.107. The second-order valence-electron chi connectivity index (χ2n) is 5.38. The Balaban J connectivity index is 2.91. The highest BCUT2D eigenvalue weighted by Crippen LogP contribution is 2.13. The topological polar surface area (TPSA) is 95.5 Å². The number of amides is 1. The first kappa shape index (κ1) is 17.6. The van der Waals surface area contributed by atoms with Gasteiger partial charge in [0.2, 0.25) is 10.0 Å². The molecule has 0 aliphatic rings. The van der Waals surface area contributed by atoms with E-state index >= 15 is 0 Å². The van der Waals surface area contributed by atoms with Gasteiger partial charge < -0.3 is 10.4 Å². The third-order valence-corrected chi connectivity index (χ3v) is 4.80. The Bertz CT molecular complexity index is 592. The first-order valence-electron chi connectivity index (χ1n) is 6.70. The summed E-state index contributed by atoms with van der Waals surface area (Å²) in [6.07, 6.45) is -0.713. The molecule has 0 spiro atoms. The minimum atomic E-state index is -3.52. The first-order valence-corrected chi connectivity index (χ1v) is 8.19. The van der Waals surface area contributed by atoms with Crippen LogP contribution in [0.15, 0.2) is 29.2 Å². The van der Waals surface area contributed by atoms with Gasteiger partial charge in [0.25, 0.3) is 5.91 Å². The van der Waals surface area contributed by atoms with Crippen molar-refractivity contribution in [2.24, 2.45) is 0 Å². The maximum Gasteiger partial charge on any atom is 0.251 e. The molecule has 118 valence electrons. The van der Waals surface area contributed by atoms with Crippen molar-refractivity contribution in [1.82, 2.24) is 10.0 Å². The van der Waals surface area contributed by atoms with Crippen LogP contribution in [0.5, 0.6) is 0 Å². The van der Waals surface area contributed by atoms with Crippen molar-refractivity contribution in [2.75, 3.05) is 6.54 Å². The summed E-state index contributed by atoms with van der Waals surface area (Å²) < 4.78 is 26.0. The molecule has 0 aliphatic heterocycles. The van der Waals surface area contributed by atoms with Crippen LogP contribution in [0, 0.1) is 0 Å². The molecule has 0 fully saturated rings. The molecular formula is C14H22N2O4S. The molecule has 3 N–H and O–H groups in total. The molecule has 0 bridgehead atoms. The average molecular weight is 314 g/mol. The molecule has 21 heavy (non-hydrogen) atoms. The van der Waals surface area contributed by atoms with E-state index < -0.39 is 21.7 Å². The molecule has 0 saturated carbocycles. The van der Waals surface area contributed by atoms with Gasteiger partial charge in [-0.1, -0.05) is 6.92 Å². The Morgan fingerprint density at radius 2 is 1.81 bits per heavy atom. The van der Waals surface area contributed by atoms with Gasteiger partial charge in [-0.15, -0.1) is 0 Å². The average Bonchev–Trinajstić information content (AvgIpc) is 2.38. The molecule has 0 saturated heterocycles. The molecule has 7 heteroatoms. The van der Waals surface area contributed by atoms with E-state index in [2.05, 4.69) is 10.0 Å². The lowest BCUT2D eigenvalue weighted by molar-refractivity contribution is 0.0709. The Morgan fingerprint density at radius 3 is 2.24 bits per heavy atom. The molecule has 1 aromatic rings. The largest absolute Gasteiger partial charge is 0.391 e. The lowest BCUT2D eigenvalue weighted by atomic mass is 9.98. The minimum Gasteiger partial charge on any atom is -0.391 e. The molecular weight excluding hydrogens is 292 g/mol. The molecule has 1 atom stereocenters. The van der Waals surface area contributed by atoms with Crippen LogP contribution < -0.4 is 10.0 Å². The fourth-order valence-electron chi connectivity index (χ4n) is 1.53. The van der Waals surface area contributed by atoms with E-state index in [9.17, 15) is 18.3 Å². The first-order chi connectivity index (χ1) is 9.60. The van der Waals surface area contributed by atoms with E-state index in [0.717, 1.165) is 0 Å². The lowest BCUT2D eigenvalue weighted by Gasteiger charge is -2.29. The highest BCUT2D eigenvalue weighted by Gasteiger charge is 2.26. The number of aliphatic hydroxyl groups is 1. The van der Waals surface area contributed by atoms with Crippen LogP contribution in [0.4, 0.5) is 0 Å². The fraction of sp³-hybridized carbons (Fsp3) is 0.500. The Kier molecular flexibility index (Phi) is 5.49. The van der Waals surface area contributed by atoms with Crippen molar-refractivity contribution >= 4 is 15.9 Å². The van der Waals surface area contributed by atoms with E-state index in [0.29, 0.717) is 12.1 Å². The number of aliphatic hydroxyl groups excluding tert-OH is 1. The van der Waals surface area contributed by atoms with Crippen LogP contribution >= 0.6 is 0 Å². The van der Waals surface area contributed by atoms with Crippen molar-refractivity contribution in [3.05, 3.63) is 29.8 Å². The molecule has 0 aliphatic carbocycles. The van der Waals surface area contributed by atoms with Gasteiger partial charge in [-0.2, -0.15) is 0 Å². The fourth-order valence-corrected chi connectivity index (χ4v) is 2.57. The van der Waals surface area contributed by atoms with Crippen molar-refractivity contribution in [2.45, 2.75) is 44.2 Å². The molecule has 0 aromatic heterocycles. The summed E-state index contributed by atoms with van der Waals surface area (Å²) in [6, 6.07) is 5.64. The Labute approximate surface area is 125 Å². The number of carbonyl (C=O) groups is 1. The zero-order chi connectivity index (χ0) is 16.3. The summed E-state index contributed by atoms with van der Waals surface area (Å²) in [7, 11) is -3.52. The normalized spacial score (nSPS) is 13.8. The van der Waals surface area contributed by atoms with Gasteiger partial charge in [-0.3, -0.25) is 4.79 Å². The zero-order valence-electron chi connectivity index (χ0n) is 12.7. The Hall–Kier alpha value is -1.44. The van der Waals surface area contributed by atoms with E-state index in [1.54, 1.807) is 27.7 Å². The van der Waals surface area contributed by atoms with Gasteiger partial charge in [0, 0.05) is 12.1 Å². The molecule has 0 heterocycles. The second kappa shape index (κ2) is 6.55. The SMILES string of the molecule is CCNS(=O)(=O)c1ccc(C(=O)NC(C)(C)C(C)O)cc1. The summed E-state index contributed by atoms with van der Waals surface area (Å²) in [6.45, 7) is 7.00. The summed E-state index contributed by atoms with van der Waals surface area (Å²) >= 11 is 0. The quantitative estimate of drug-likeness (QED) is 0.726. The molecule has 1 rings (SSSR count). The van der Waals surface area contributed by atoms with Crippen LogP contribution in [-0.2, 0) is 10.0 Å². The summed E-state index contributed by atoms with van der Waals surface area (Å²) in [5, 5.41) is 12.3. The lowest BCUT2D eigenvalue weighted by Crippen LogP contribution is -2.50. The summed E-state index contributed by atoms with van der Waals surface area (Å²) in [5.41, 5.74) is -0.440. The summed E-state index contributed by atoms with van der Waals surface area (Å²) in [4.78, 5) is 12.2. The van der Waals surface area contributed by atoms with Gasteiger partial charge in [-0.25, -0.2) is 13.1 Å². The second-order valence-corrected chi connectivity index (χ2v) is 7.14. The van der Waals surface area contributed by atoms with Crippen LogP contribution in [0.1, 0.15) is 38.1 Å². The van der Waals surface area contributed by atoms with Crippen LogP contribution in [-0.4, -0.2) is 37.6 Å². The van der Waals surface area contributed by atoms with E-state index in [-0.39, 0.29) is 10.8 Å². The number of hydrogen-bond donors (Lipinski definition) is 3. The van der Waals surface area contributed by atoms with Crippen LogP contribution in [0.2, 0.25) is 0 Å². The zero-order valence-corrected chi connectivity index (χ0v) is 13.5. The predicted molar refractivity (Wildman–Crippen MR) is 80.5 cm³/mol. The predicted octanol–water partition coefficient (Wildman–Crippen LogP) is 0.874. The Morgan fingerprint density at radius 1 is 1.29 bits per heavy atom. The van der Waals surface area contributed by atoms with E-state index in [1.807, 2.05) is 0 Å². The highest BCUT2D eigenvalue weighted by atomic mass is 32.2. The number of rotatable bonds is 6. The molecule has 1 aromatic carbocycles. The van der Waals surface area contributed by atoms with Crippen molar-refractivity contribution < 1.29 is 18.3 Å². The number of nitrogens with one attached hydrogen (secondary N) is 2. The van der Waals surface area contributed by atoms with E-state index in [4.69, 9.17) is 0 Å². The number of benzene rings is 1. The van der Waals surface area contributed by atoms with Crippen LogP contribution in [0.25, 0.3) is 0 Å². The molecule has 0 radical (unpaired) electrons. The third kappa shape index (κ3) is 4.52. The number of sulfonamides is 1. The van der Waals surface area contributed by atoms with E-state index in [1.165, 1.54) is 24.3 Å². The van der Waals surface area contributed by atoms with Gasteiger partial charge in [-0.05, 0) is 45.0 Å². The van der Waals surface area contributed by atoms with Crippen molar-refractivity contribution in [3.8, 4) is 0 Å². The van der Waals surface area contributed by atoms with Crippen LogP contribution in [0.3, 0.4) is 0 Å². The molecule has 6 nitrogen and oxygen atoms in total. The standard InChI is InChI=1S/C14H22N2O4S/c1-5-15-21(19,20)12-8-6-11(7-9-12)13(18)16-14(3,4)10(2)17/h6-10,15,17H,5H2,1-4H3,(H,16,18). The third-order valence-electron chi connectivity index (χ3n) is 3.24. The molecule has 1 unspecified atom stereocenters. The maximum atomic E-state index is 12.1. The molecule has 1 amide bonds. The summed E-state index contributed by atoms with van der Waals surface area (Å²) in [5.74, 6) is -0.367. The smallest absolute Gasteiger partial charge is 0.251 e. The van der Waals surface area contributed by atoms with Gasteiger partial charge in [0.05, 0.1) is 16.5 Å². The highest BCUT2D eigenvalue weighted by molar-refractivity contribution is 7.89. The van der Waals surface area contributed by atoms with Gasteiger partial charge in [0.15, 0.2) is 0 Å². The maximum absolute atomic E-state index is 12.1. The monoisotopic (exact) mass is 314 g/mol. The van der Waals surface area contributed by atoms with Crippen molar-refractivity contribution in [1.29, 1.82) is 0 Å². The van der Waals surface area contributed by atoms with Gasteiger partial charge >= 0.3 is 0 Å².